The van der Waals surface area contributed by atoms with Crippen LogP contribution in [0.3, 0.4) is 0 Å². The van der Waals surface area contributed by atoms with Gasteiger partial charge in [-0.3, -0.25) is 0 Å². The van der Waals surface area contributed by atoms with Crippen molar-refractivity contribution in [2.24, 2.45) is 0 Å². The number of rotatable bonds is 7. The highest BCUT2D eigenvalue weighted by Gasteiger charge is 2.16. The number of nitrogens with zero attached hydrogens (tertiary/aromatic N) is 1. The summed E-state index contributed by atoms with van der Waals surface area (Å²) in [5.74, 6) is 0. The van der Waals surface area contributed by atoms with E-state index in [1.54, 1.807) is 6.08 Å². The molecule has 0 saturated carbocycles. The van der Waals surface area contributed by atoms with Gasteiger partial charge in [-0.15, -0.1) is 0 Å². The standard InChI is InChI=1S/C36H31N/c1-5-6-8-15-26(2)35-31-18-11-13-20-33(31)36(34-21-14-12-19-32(34)35)29-24-22-28(23-25-29)27(3)37(4)30-16-9-7-10-17-30/h5-25H,1,3H2,2,4H3/b8-6-,26-15+. The summed E-state index contributed by atoms with van der Waals surface area (Å²) in [4.78, 5) is 2.13. The van der Waals surface area contributed by atoms with Gasteiger partial charge < -0.3 is 4.90 Å². The second-order valence-corrected chi connectivity index (χ2v) is 9.23. The van der Waals surface area contributed by atoms with Gasteiger partial charge in [0.1, 0.15) is 0 Å². The Morgan fingerprint density at radius 1 is 0.676 bits per heavy atom. The zero-order valence-corrected chi connectivity index (χ0v) is 21.5. The first-order chi connectivity index (χ1) is 18.1. The molecule has 0 N–H and O–H groups in total. The zero-order valence-electron chi connectivity index (χ0n) is 21.5. The molecule has 5 aromatic rings. The fraction of sp³-hybridized carbons (Fsp3) is 0.0556. The van der Waals surface area contributed by atoms with Crippen LogP contribution in [0.25, 0.3) is 43.9 Å². The lowest BCUT2D eigenvalue weighted by atomic mass is 9.86. The maximum atomic E-state index is 4.37. The Hall–Kier alpha value is -4.62. The average molecular weight is 478 g/mol. The molecule has 0 bridgehead atoms. The fourth-order valence-electron chi connectivity index (χ4n) is 5.06. The maximum Gasteiger partial charge on any atom is 0.0408 e. The molecule has 0 aliphatic heterocycles. The highest BCUT2D eigenvalue weighted by molar-refractivity contribution is 6.18. The van der Waals surface area contributed by atoms with Crippen LogP contribution < -0.4 is 4.90 Å². The summed E-state index contributed by atoms with van der Waals surface area (Å²) in [6, 6.07) is 36.6. The third-order valence-corrected chi connectivity index (χ3v) is 6.97. The van der Waals surface area contributed by atoms with E-state index in [0.717, 1.165) is 16.9 Å². The summed E-state index contributed by atoms with van der Waals surface area (Å²) < 4.78 is 0. The van der Waals surface area contributed by atoms with E-state index < -0.39 is 0 Å². The Bertz CT molecular complexity index is 1590. The van der Waals surface area contributed by atoms with E-state index in [0.29, 0.717) is 0 Å². The Morgan fingerprint density at radius 3 is 1.78 bits per heavy atom. The summed E-state index contributed by atoms with van der Waals surface area (Å²) in [6.45, 7) is 10.4. The van der Waals surface area contributed by atoms with E-state index in [9.17, 15) is 0 Å². The van der Waals surface area contributed by atoms with Crippen molar-refractivity contribution in [3.05, 3.63) is 152 Å². The minimum absolute atomic E-state index is 0.969. The maximum absolute atomic E-state index is 4.37. The first-order valence-corrected chi connectivity index (χ1v) is 12.6. The minimum Gasteiger partial charge on any atom is -0.345 e. The largest absolute Gasteiger partial charge is 0.345 e. The number of benzene rings is 5. The van der Waals surface area contributed by atoms with E-state index in [2.05, 4.69) is 141 Å². The molecule has 0 heterocycles. The summed E-state index contributed by atoms with van der Waals surface area (Å²) in [5.41, 5.74) is 8.16. The van der Waals surface area contributed by atoms with E-state index >= 15 is 0 Å². The van der Waals surface area contributed by atoms with Crippen LogP contribution in [-0.4, -0.2) is 7.05 Å². The molecule has 0 fully saturated rings. The third-order valence-electron chi connectivity index (χ3n) is 6.97. The Morgan fingerprint density at radius 2 is 1.22 bits per heavy atom. The normalized spacial score (nSPS) is 11.8. The Labute approximate surface area is 220 Å². The highest BCUT2D eigenvalue weighted by Crippen LogP contribution is 2.42. The van der Waals surface area contributed by atoms with Crippen LogP contribution in [0, 0.1) is 0 Å². The summed E-state index contributed by atoms with van der Waals surface area (Å²) in [7, 11) is 2.06. The molecule has 0 aromatic heterocycles. The van der Waals surface area contributed by atoms with Crippen molar-refractivity contribution in [1.29, 1.82) is 0 Å². The number of allylic oxidation sites excluding steroid dienone is 5. The van der Waals surface area contributed by atoms with Crippen LogP contribution >= 0.6 is 0 Å². The van der Waals surface area contributed by atoms with Crippen LogP contribution in [0.2, 0.25) is 0 Å². The SMILES string of the molecule is C=C/C=C\C=C(/C)c1c2ccccc2c(-c2ccc(C(=C)N(C)c3ccccc3)cc2)c2ccccc12. The lowest BCUT2D eigenvalue weighted by molar-refractivity contribution is 1.22. The molecule has 0 spiro atoms. The minimum atomic E-state index is 0.969. The average Bonchev–Trinajstić information content (AvgIpc) is 2.95. The van der Waals surface area contributed by atoms with Crippen molar-refractivity contribution in [2.75, 3.05) is 11.9 Å². The summed E-state index contributed by atoms with van der Waals surface area (Å²) in [6.07, 6.45) is 7.99. The van der Waals surface area contributed by atoms with Crippen LogP contribution in [0.1, 0.15) is 18.1 Å². The first kappa shape index (κ1) is 24.1. The van der Waals surface area contributed by atoms with Crippen LogP contribution in [0.5, 0.6) is 0 Å². The van der Waals surface area contributed by atoms with Crippen LogP contribution in [0.15, 0.2) is 141 Å². The van der Waals surface area contributed by atoms with Gasteiger partial charge in [0.2, 0.25) is 0 Å². The molecule has 1 nitrogen and oxygen atoms in total. The number of para-hydroxylation sites is 1. The van der Waals surface area contributed by atoms with Gasteiger partial charge in [-0.2, -0.15) is 0 Å². The van der Waals surface area contributed by atoms with E-state index in [-0.39, 0.29) is 0 Å². The van der Waals surface area contributed by atoms with Crippen LogP contribution in [0.4, 0.5) is 5.69 Å². The summed E-state index contributed by atoms with van der Waals surface area (Å²) >= 11 is 0. The topological polar surface area (TPSA) is 3.24 Å². The van der Waals surface area contributed by atoms with Crippen molar-refractivity contribution < 1.29 is 0 Å². The first-order valence-electron chi connectivity index (χ1n) is 12.6. The highest BCUT2D eigenvalue weighted by atomic mass is 15.1. The number of hydrogen-bond acceptors (Lipinski definition) is 1. The smallest absolute Gasteiger partial charge is 0.0408 e. The predicted molar refractivity (Wildman–Crippen MR) is 164 cm³/mol. The fourth-order valence-corrected chi connectivity index (χ4v) is 5.06. The molecule has 5 rings (SSSR count). The predicted octanol–water partition coefficient (Wildman–Crippen LogP) is 9.91. The van der Waals surface area contributed by atoms with Gasteiger partial charge in [0.15, 0.2) is 0 Å². The lowest BCUT2D eigenvalue weighted by Crippen LogP contribution is -2.14. The van der Waals surface area contributed by atoms with Gasteiger partial charge in [0.25, 0.3) is 0 Å². The summed E-state index contributed by atoms with van der Waals surface area (Å²) in [5, 5.41) is 5.03. The molecule has 0 aliphatic carbocycles. The molecule has 1 heteroatoms. The molecule has 0 aliphatic rings. The van der Waals surface area contributed by atoms with E-state index in [1.165, 1.54) is 43.8 Å². The van der Waals surface area contributed by atoms with Gasteiger partial charge in [-0.05, 0) is 68.4 Å². The molecule has 0 saturated heterocycles. The van der Waals surface area contributed by atoms with Crippen molar-refractivity contribution in [2.45, 2.75) is 6.92 Å². The molecular weight excluding hydrogens is 446 g/mol. The molecule has 0 amide bonds. The van der Waals surface area contributed by atoms with Gasteiger partial charge in [-0.25, -0.2) is 0 Å². The molecule has 0 radical (unpaired) electrons. The van der Waals surface area contributed by atoms with Gasteiger partial charge in [0.05, 0.1) is 0 Å². The van der Waals surface area contributed by atoms with Crippen molar-refractivity contribution in [1.82, 2.24) is 0 Å². The third kappa shape index (κ3) is 4.64. The number of anilines is 1. The molecule has 180 valence electrons. The van der Waals surface area contributed by atoms with E-state index in [4.69, 9.17) is 0 Å². The van der Waals surface area contributed by atoms with Crippen molar-refractivity contribution >= 4 is 38.5 Å². The van der Waals surface area contributed by atoms with Crippen LogP contribution in [-0.2, 0) is 0 Å². The van der Waals surface area contributed by atoms with Gasteiger partial charge in [0, 0.05) is 18.4 Å². The second kappa shape index (κ2) is 10.6. The number of fused-ring (bicyclic) bond motifs is 2. The molecule has 0 atom stereocenters. The van der Waals surface area contributed by atoms with Gasteiger partial charge in [-0.1, -0.05) is 128 Å². The molecule has 0 unspecified atom stereocenters. The Kier molecular flexibility index (Phi) is 6.87. The quantitative estimate of drug-likeness (QED) is 0.166. The molecular formula is C36H31N. The van der Waals surface area contributed by atoms with Crippen molar-refractivity contribution in [3.63, 3.8) is 0 Å². The number of hydrogen-bond donors (Lipinski definition) is 0. The molecule has 5 aromatic carbocycles. The lowest BCUT2D eigenvalue weighted by Gasteiger charge is -2.22. The van der Waals surface area contributed by atoms with E-state index in [1.807, 2.05) is 12.1 Å². The zero-order chi connectivity index (χ0) is 25.8. The Balaban J connectivity index is 1.65. The van der Waals surface area contributed by atoms with Crippen molar-refractivity contribution in [3.8, 4) is 11.1 Å². The molecule has 37 heavy (non-hydrogen) atoms. The van der Waals surface area contributed by atoms with Gasteiger partial charge >= 0.3 is 0 Å². The monoisotopic (exact) mass is 477 g/mol. The second-order valence-electron chi connectivity index (χ2n) is 9.23.